The molecule has 0 N–H and O–H groups in total. The van der Waals surface area contributed by atoms with Gasteiger partial charge in [0.25, 0.3) is 47.5 Å². The van der Waals surface area contributed by atoms with Gasteiger partial charge in [-0.2, -0.15) is 54.5 Å². The fourth-order valence-corrected chi connectivity index (χ4v) is 3.70. The Labute approximate surface area is 289 Å². The summed E-state index contributed by atoms with van der Waals surface area (Å²) >= 11 is 57.5. The lowest BCUT2D eigenvalue weighted by Gasteiger charge is -2.29. The van der Waals surface area contributed by atoms with Crippen LogP contribution in [-0.4, -0.2) is 66.1 Å². The molecule has 2 rings (SSSR count). The van der Waals surface area contributed by atoms with Crippen molar-refractivity contribution in [3.8, 4) is 0 Å². The molecule has 2 heterocycles. The van der Waals surface area contributed by atoms with Crippen LogP contribution < -0.4 is 24.6 Å². The third-order valence-electron chi connectivity index (χ3n) is 4.55. The molecular weight excluding hydrogens is 779 g/mol. The van der Waals surface area contributed by atoms with E-state index in [4.69, 9.17) is 127 Å². The third-order valence-corrected chi connectivity index (χ3v) is 6.37. The molecule has 0 saturated carbocycles. The van der Waals surface area contributed by atoms with E-state index >= 15 is 0 Å². The minimum absolute atomic E-state index is 0.203. The van der Waals surface area contributed by atoms with Gasteiger partial charge in [-0.25, -0.2) is 0 Å². The summed E-state index contributed by atoms with van der Waals surface area (Å²) in [5, 5.41) is 0. The molecule has 0 aliphatic carbocycles. The number of rotatable bonds is 13. The van der Waals surface area contributed by atoms with Crippen LogP contribution in [0.1, 0.15) is 27.7 Å². The highest BCUT2D eigenvalue weighted by Gasteiger charge is 2.38. The van der Waals surface area contributed by atoms with Gasteiger partial charge in [0.2, 0.25) is 0 Å². The van der Waals surface area contributed by atoms with E-state index in [0.717, 1.165) is 0 Å². The molecular formula is C16H16Cl10N12O4. The molecule has 234 valence electrons. The molecule has 0 aliphatic rings. The molecule has 0 atom stereocenters. The van der Waals surface area contributed by atoms with E-state index in [9.17, 15) is 9.59 Å². The molecule has 0 fully saturated rings. The van der Waals surface area contributed by atoms with E-state index in [1.807, 2.05) is 0 Å². The summed E-state index contributed by atoms with van der Waals surface area (Å²) in [6, 6.07) is 0. The highest BCUT2D eigenvalue weighted by Crippen LogP contribution is 2.28. The number of hydrogen-bond donors (Lipinski definition) is 0. The van der Waals surface area contributed by atoms with E-state index < -0.39 is 34.9 Å². The Balaban J connectivity index is 2.08. The number of aromatic nitrogens is 6. The first-order valence-corrected chi connectivity index (χ1v) is 13.9. The van der Waals surface area contributed by atoms with Crippen LogP contribution in [0.4, 0.5) is 35.7 Å². The van der Waals surface area contributed by atoms with Crippen LogP contribution in [0.25, 0.3) is 0 Å². The van der Waals surface area contributed by atoms with Crippen LogP contribution in [0.15, 0.2) is 0 Å². The average Bonchev–Trinajstić information content (AvgIpc) is 2.92. The molecule has 2 aromatic heterocycles. The first kappa shape index (κ1) is 37.2. The van der Waals surface area contributed by atoms with Gasteiger partial charge < -0.3 is 9.47 Å². The Morgan fingerprint density at radius 3 is 0.929 bits per heavy atom. The van der Waals surface area contributed by atoms with Crippen molar-refractivity contribution in [1.82, 2.24) is 29.9 Å². The fourth-order valence-electron chi connectivity index (χ4n) is 2.54. The third kappa shape index (κ3) is 9.74. The number of hydrogen-bond acceptors (Lipinski definition) is 14. The zero-order chi connectivity index (χ0) is 32.2. The molecule has 42 heavy (non-hydrogen) atoms. The zero-order valence-electron chi connectivity index (χ0n) is 21.2. The highest BCUT2D eigenvalue weighted by molar-refractivity contribution is 6.50. The van der Waals surface area contributed by atoms with Gasteiger partial charge in [-0.3, -0.25) is 9.59 Å². The SMILES string of the molecule is CC(C)(OCCOC(C)(C)C(=O)N(Cl)c1nc(N(Cl)Cl)nc(N(Cl)Cl)n1)C(=O)N(Cl)c1nc(N(Cl)Cl)nc(N(Cl)Cl)n1. The molecule has 0 bridgehead atoms. The van der Waals surface area contributed by atoms with Crippen molar-refractivity contribution in [1.29, 1.82) is 0 Å². The van der Waals surface area contributed by atoms with E-state index in [2.05, 4.69) is 29.9 Å². The number of ether oxygens (including phenoxy) is 2. The average molecular weight is 795 g/mol. The quantitative estimate of drug-likeness (QED) is 0.178. The number of carbonyl (C=O) groups is 2. The second-order valence-electron chi connectivity index (χ2n) is 8.29. The normalized spacial score (nSPS) is 11.7. The van der Waals surface area contributed by atoms with Gasteiger partial charge in [0, 0.05) is 118 Å². The van der Waals surface area contributed by atoms with Crippen molar-refractivity contribution in [2.75, 3.05) is 37.8 Å². The van der Waals surface area contributed by atoms with E-state index in [0.29, 0.717) is 24.6 Å². The first-order chi connectivity index (χ1) is 19.3. The minimum atomic E-state index is -1.57. The van der Waals surface area contributed by atoms with Crippen LogP contribution >= 0.6 is 118 Å². The lowest BCUT2D eigenvalue weighted by molar-refractivity contribution is -0.149. The van der Waals surface area contributed by atoms with Crippen LogP contribution in [0.2, 0.25) is 0 Å². The molecule has 0 aromatic carbocycles. The predicted molar refractivity (Wildman–Crippen MR) is 163 cm³/mol. The van der Waals surface area contributed by atoms with Gasteiger partial charge in [-0.1, -0.05) is 0 Å². The summed E-state index contributed by atoms with van der Waals surface area (Å²) in [5.41, 5.74) is -3.15. The summed E-state index contributed by atoms with van der Waals surface area (Å²) in [7, 11) is 0. The topological polar surface area (TPSA) is 149 Å². The molecule has 0 radical (unpaired) electrons. The molecule has 0 saturated heterocycles. The molecule has 2 aromatic rings. The van der Waals surface area contributed by atoms with E-state index in [1.165, 1.54) is 27.7 Å². The Morgan fingerprint density at radius 2 is 0.714 bits per heavy atom. The smallest absolute Gasteiger partial charge is 0.275 e. The number of anilines is 6. The fraction of sp³-hybridized carbons (Fsp3) is 0.500. The van der Waals surface area contributed by atoms with Gasteiger partial charge in [-0.05, 0) is 27.7 Å². The molecule has 2 amide bonds. The van der Waals surface area contributed by atoms with E-state index in [1.54, 1.807) is 0 Å². The number of nitrogens with zero attached hydrogens (tertiary/aromatic N) is 12. The second kappa shape index (κ2) is 15.3. The van der Waals surface area contributed by atoms with Crippen LogP contribution in [0.5, 0.6) is 0 Å². The van der Waals surface area contributed by atoms with Crippen LogP contribution in [0, 0.1) is 0 Å². The summed E-state index contributed by atoms with van der Waals surface area (Å²) in [4.78, 5) is 49.1. The number of amides is 2. The second-order valence-corrected chi connectivity index (χ2v) is 12.4. The lowest BCUT2D eigenvalue weighted by Crippen LogP contribution is -2.46. The minimum Gasteiger partial charge on any atom is -0.363 e. The van der Waals surface area contributed by atoms with Crippen molar-refractivity contribution < 1.29 is 19.1 Å². The summed E-state index contributed by atoms with van der Waals surface area (Å²) < 4.78 is 14.2. The van der Waals surface area contributed by atoms with Crippen molar-refractivity contribution in [2.45, 2.75) is 38.9 Å². The van der Waals surface area contributed by atoms with Crippen molar-refractivity contribution in [2.24, 2.45) is 0 Å². The maximum atomic E-state index is 13.1. The monoisotopic (exact) mass is 790 g/mol. The summed E-state index contributed by atoms with van der Waals surface area (Å²) in [6.07, 6.45) is 0. The number of carbonyl (C=O) groups excluding carboxylic acids is 2. The largest absolute Gasteiger partial charge is 0.363 e. The first-order valence-electron chi connectivity index (χ1n) is 10.6. The highest BCUT2D eigenvalue weighted by atomic mass is 35.6. The Hall–Kier alpha value is -1.02. The maximum Gasteiger partial charge on any atom is 0.275 e. The van der Waals surface area contributed by atoms with Gasteiger partial charge in [0.05, 0.1) is 13.2 Å². The van der Waals surface area contributed by atoms with Gasteiger partial charge in [0.1, 0.15) is 11.2 Å². The zero-order valence-corrected chi connectivity index (χ0v) is 28.8. The standard InChI is InChI=1S/C16H16Cl10N12O4/c1-15(2,7(39)33(17)9-27-11(35(19)20)31-12(28-9)36(21)22)41-5-6-42-16(3,4)8(40)34(18)10-29-13(37(23)24)32-14(30-10)38(25)26/h5-6H2,1-4H3. The summed E-state index contributed by atoms with van der Waals surface area (Å²) in [5.74, 6) is -3.89. The predicted octanol–water partition coefficient (Wildman–Crippen LogP) is 5.78. The Kier molecular flexibility index (Phi) is 13.6. The van der Waals surface area contributed by atoms with Gasteiger partial charge in [-0.15, -0.1) is 0 Å². The number of halogens is 10. The Morgan fingerprint density at radius 1 is 0.500 bits per heavy atom. The molecule has 26 heteroatoms. The van der Waals surface area contributed by atoms with Crippen molar-refractivity contribution in [3.63, 3.8) is 0 Å². The Bertz CT molecular complexity index is 1130. The van der Waals surface area contributed by atoms with Gasteiger partial charge >= 0.3 is 0 Å². The van der Waals surface area contributed by atoms with E-state index in [-0.39, 0.29) is 37.0 Å². The molecule has 16 nitrogen and oxygen atoms in total. The lowest BCUT2D eigenvalue weighted by atomic mass is 10.1. The molecule has 0 spiro atoms. The maximum absolute atomic E-state index is 13.1. The van der Waals surface area contributed by atoms with Gasteiger partial charge in [0.15, 0.2) is 0 Å². The molecule has 0 unspecified atom stereocenters. The summed E-state index contributed by atoms with van der Waals surface area (Å²) in [6.45, 7) is 5.20. The van der Waals surface area contributed by atoms with Crippen molar-refractivity contribution >= 4 is 165 Å². The van der Waals surface area contributed by atoms with Crippen LogP contribution in [0.3, 0.4) is 0 Å². The molecule has 0 aliphatic heterocycles. The van der Waals surface area contributed by atoms with Crippen LogP contribution in [-0.2, 0) is 19.1 Å². The van der Waals surface area contributed by atoms with Crippen molar-refractivity contribution in [3.05, 3.63) is 0 Å².